The van der Waals surface area contributed by atoms with Gasteiger partial charge in [0, 0.05) is 37.1 Å². The summed E-state index contributed by atoms with van der Waals surface area (Å²) in [5.41, 5.74) is 0.0235. The van der Waals surface area contributed by atoms with E-state index >= 15 is 0 Å². The molecule has 1 aromatic heterocycles. The van der Waals surface area contributed by atoms with Crippen molar-refractivity contribution in [2.45, 2.75) is 43.3 Å². The van der Waals surface area contributed by atoms with Crippen molar-refractivity contribution in [2.75, 3.05) is 39.4 Å². The Balaban J connectivity index is 1.31. The van der Waals surface area contributed by atoms with Crippen LogP contribution >= 0.6 is 11.9 Å². The summed E-state index contributed by atoms with van der Waals surface area (Å²) in [5.74, 6) is 0. The van der Waals surface area contributed by atoms with E-state index in [1.807, 2.05) is 0 Å². The second-order valence-electron chi connectivity index (χ2n) is 7.71. The van der Waals surface area contributed by atoms with E-state index < -0.39 is 11.9 Å². The van der Waals surface area contributed by atoms with Crippen LogP contribution in [0.5, 0.6) is 0 Å². The van der Waals surface area contributed by atoms with Crippen molar-refractivity contribution in [3.05, 3.63) is 23.5 Å². The predicted molar refractivity (Wildman–Crippen MR) is 93.9 cm³/mol. The summed E-state index contributed by atoms with van der Waals surface area (Å²) < 4.78 is 45.9. The van der Waals surface area contributed by atoms with Crippen molar-refractivity contribution in [1.29, 1.82) is 0 Å². The van der Waals surface area contributed by atoms with E-state index in [0.29, 0.717) is 17.2 Å². The molecule has 1 aliphatic carbocycles. The fraction of sp³-hybridized carbons (Fsp3) is 0.722. The molecule has 0 aromatic carbocycles. The molecule has 0 N–H and O–H groups in total. The average Bonchev–Trinajstić information content (AvgIpc) is 3.01. The van der Waals surface area contributed by atoms with Gasteiger partial charge < -0.3 is 4.74 Å². The van der Waals surface area contributed by atoms with Gasteiger partial charge in [-0.2, -0.15) is 13.2 Å². The first kappa shape index (κ1) is 18.5. The van der Waals surface area contributed by atoms with Gasteiger partial charge in [0.15, 0.2) is 0 Å². The molecule has 1 saturated carbocycles. The van der Waals surface area contributed by atoms with Crippen molar-refractivity contribution in [3.63, 3.8) is 0 Å². The maximum atomic E-state index is 12.7. The molecule has 0 amide bonds. The van der Waals surface area contributed by atoms with E-state index in [2.05, 4.69) is 14.2 Å². The van der Waals surface area contributed by atoms with Gasteiger partial charge in [0.05, 0.1) is 18.9 Å². The van der Waals surface area contributed by atoms with Crippen LogP contribution in [0.15, 0.2) is 17.0 Å². The van der Waals surface area contributed by atoms with Gasteiger partial charge in [-0.15, -0.1) is 0 Å². The lowest BCUT2D eigenvalue weighted by Gasteiger charge is -2.48. The third kappa shape index (κ3) is 3.74. The zero-order valence-corrected chi connectivity index (χ0v) is 15.7. The first-order valence-electron chi connectivity index (χ1n) is 9.14. The molecule has 0 bridgehead atoms. The normalized spacial score (nSPS) is 27.0. The van der Waals surface area contributed by atoms with Gasteiger partial charge in [0.2, 0.25) is 0 Å². The number of pyridine rings is 1. The number of alkyl halides is 3. The fourth-order valence-electron chi connectivity index (χ4n) is 4.43. The van der Waals surface area contributed by atoms with E-state index in [1.165, 1.54) is 19.3 Å². The third-order valence-electron chi connectivity index (χ3n) is 5.82. The highest BCUT2D eigenvalue weighted by molar-refractivity contribution is 7.97. The standard InChI is InChI=1S/C18H24F3N3OS/c1-13-15(2-3-16(22-13)18(19,20)21)26-24-11-17(12-24)5-4-14(10-17)23-6-8-25-9-7-23/h2-3,14H,4-12H2,1H3. The van der Waals surface area contributed by atoms with E-state index in [4.69, 9.17) is 4.74 Å². The molecule has 2 saturated heterocycles. The molecule has 26 heavy (non-hydrogen) atoms. The van der Waals surface area contributed by atoms with Crippen LogP contribution in [0.1, 0.15) is 30.7 Å². The average molecular weight is 387 g/mol. The zero-order valence-electron chi connectivity index (χ0n) is 14.9. The molecule has 3 fully saturated rings. The molecule has 4 nitrogen and oxygen atoms in total. The van der Waals surface area contributed by atoms with Crippen molar-refractivity contribution >= 4 is 11.9 Å². The summed E-state index contributed by atoms with van der Waals surface area (Å²) in [6.45, 7) is 7.43. The summed E-state index contributed by atoms with van der Waals surface area (Å²) >= 11 is 1.54. The molecule has 144 valence electrons. The van der Waals surface area contributed by atoms with Gasteiger partial charge in [0.1, 0.15) is 5.69 Å². The molecule has 3 aliphatic rings. The molecular formula is C18H24F3N3OS. The number of hydrogen-bond donors (Lipinski definition) is 0. The Labute approximate surface area is 156 Å². The summed E-state index contributed by atoms with van der Waals surface area (Å²) in [5, 5.41) is 0. The van der Waals surface area contributed by atoms with Crippen LogP contribution in [0, 0.1) is 12.3 Å². The molecule has 8 heteroatoms. The molecule has 3 heterocycles. The van der Waals surface area contributed by atoms with Crippen LogP contribution in [0.3, 0.4) is 0 Å². The SMILES string of the molecule is Cc1nc(C(F)(F)F)ccc1SN1CC2(CCC(N3CCOCC3)C2)C1. The van der Waals surface area contributed by atoms with Crippen molar-refractivity contribution in [2.24, 2.45) is 5.41 Å². The third-order valence-corrected chi connectivity index (χ3v) is 6.96. The highest BCUT2D eigenvalue weighted by Crippen LogP contribution is 2.50. The Morgan fingerprint density at radius 2 is 1.96 bits per heavy atom. The number of hydrogen-bond acceptors (Lipinski definition) is 5. The molecule has 0 radical (unpaired) electrons. The number of ether oxygens (including phenoxy) is 1. The lowest BCUT2D eigenvalue weighted by Crippen LogP contribution is -2.52. The van der Waals surface area contributed by atoms with E-state index in [1.54, 1.807) is 24.9 Å². The molecule has 2 aliphatic heterocycles. The number of halogens is 3. The second kappa shape index (κ2) is 6.96. The number of rotatable bonds is 3. The molecule has 1 atom stereocenters. The van der Waals surface area contributed by atoms with Crippen LogP contribution in [-0.2, 0) is 10.9 Å². The highest BCUT2D eigenvalue weighted by atomic mass is 32.2. The highest BCUT2D eigenvalue weighted by Gasteiger charge is 2.49. The topological polar surface area (TPSA) is 28.6 Å². The predicted octanol–water partition coefficient (Wildman–Crippen LogP) is 3.60. The lowest BCUT2D eigenvalue weighted by molar-refractivity contribution is -0.141. The smallest absolute Gasteiger partial charge is 0.379 e. The largest absolute Gasteiger partial charge is 0.433 e. The fourth-order valence-corrected chi connectivity index (χ4v) is 5.69. The number of nitrogens with zero attached hydrogens (tertiary/aromatic N) is 3. The van der Waals surface area contributed by atoms with Gasteiger partial charge in [-0.25, -0.2) is 9.29 Å². The Hall–Kier alpha value is -0.830. The summed E-state index contributed by atoms with van der Waals surface area (Å²) in [6, 6.07) is 3.29. The molecule has 1 spiro atoms. The number of aromatic nitrogens is 1. The van der Waals surface area contributed by atoms with Crippen LogP contribution in [-0.4, -0.2) is 59.6 Å². The zero-order chi connectivity index (χ0) is 18.4. The Morgan fingerprint density at radius 3 is 2.62 bits per heavy atom. The van der Waals surface area contributed by atoms with Gasteiger partial charge >= 0.3 is 6.18 Å². The maximum absolute atomic E-state index is 12.7. The van der Waals surface area contributed by atoms with E-state index in [9.17, 15) is 13.2 Å². The Kier molecular flexibility index (Phi) is 4.96. The molecule has 1 aromatic rings. The number of aryl methyl sites for hydroxylation is 1. The van der Waals surface area contributed by atoms with Crippen molar-refractivity contribution < 1.29 is 17.9 Å². The molecular weight excluding hydrogens is 363 g/mol. The van der Waals surface area contributed by atoms with Gasteiger partial charge in [-0.1, -0.05) is 0 Å². The maximum Gasteiger partial charge on any atom is 0.433 e. The van der Waals surface area contributed by atoms with Gasteiger partial charge in [-0.3, -0.25) is 4.90 Å². The summed E-state index contributed by atoms with van der Waals surface area (Å²) in [6.07, 6.45) is -0.656. The minimum Gasteiger partial charge on any atom is -0.379 e. The van der Waals surface area contributed by atoms with Crippen LogP contribution in [0.2, 0.25) is 0 Å². The Bertz CT molecular complexity index is 658. The number of morpholine rings is 1. The van der Waals surface area contributed by atoms with Crippen LogP contribution < -0.4 is 0 Å². The van der Waals surface area contributed by atoms with E-state index in [-0.39, 0.29) is 0 Å². The summed E-state index contributed by atoms with van der Waals surface area (Å²) in [4.78, 5) is 7.11. The van der Waals surface area contributed by atoms with Gasteiger partial charge in [-0.05, 0) is 55.7 Å². The molecule has 4 rings (SSSR count). The first-order chi connectivity index (χ1) is 12.3. The monoisotopic (exact) mass is 387 g/mol. The van der Waals surface area contributed by atoms with Crippen LogP contribution in [0.4, 0.5) is 13.2 Å². The quantitative estimate of drug-likeness (QED) is 0.739. The first-order valence-corrected chi connectivity index (χ1v) is 9.92. The second-order valence-corrected chi connectivity index (χ2v) is 8.85. The molecule has 1 unspecified atom stereocenters. The van der Waals surface area contributed by atoms with E-state index in [0.717, 1.165) is 50.4 Å². The Morgan fingerprint density at radius 1 is 1.23 bits per heavy atom. The lowest BCUT2D eigenvalue weighted by atomic mass is 9.80. The minimum absolute atomic E-state index is 0.392. The van der Waals surface area contributed by atoms with Gasteiger partial charge in [0.25, 0.3) is 0 Å². The minimum atomic E-state index is -4.38. The summed E-state index contributed by atoms with van der Waals surface area (Å²) in [7, 11) is 0. The van der Waals surface area contributed by atoms with Crippen molar-refractivity contribution in [3.8, 4) is 0 Å². The van der Waals surface area contributed by atoms with Crippen molar-refractivity contribution in [1.82, 2.24) is 14.2 Å². The van der Waals surface area contributed by atoms with Crippen LogP contribution in [0.25, 0.3) is 0 Å².